The van der Waals surface area contributed by atoms with Gasteiger partial charge in [-0.15, -0.1) is 0 Å². The van der Waals surface area contributed by atoms with E-state index in [0.717, 1.165) is 6.42 Å². The van der Waals surface area contributed by atoms with E-state index in [9.17, 15) is 0 Å². The van der Waals surface area contributed by atoms with Crippen LogP contribution in [0.5, 0.6) is 0 Å². The van der Waals surface area contributed by atoms with E-state index in [-0.39, 0.29) is 18.5 Å². The highest BCUT2D eigenvalue weighted by Crippen LogP contribution is 2.14. The van der Waals surface area contributed by atoms with Crippen molar-refractivity contribution in [1.29, 1.82) is 0 Å². The second-order valence-corrected chi connectivity index (χ2v) is 3.31. The van der Waals surface area contributed by atoms with Crippen LogP contribution in [-0.4, -0.2) is 31.7 Å². The van der Waals surface area contributed by atoms with Crippen LogP contribution in [-0.2, 0) is 14.2 Å². The molecular weight excluding hydrogens is 156 g/mol. The Morgan fingerprint density at radius 2 is 2.25 bits per heavy atom. The molecule has 1 saturated heterocycles. The van der Waals surface area contributed by atoms with Gasteiger partial charge in [-0.3, -0.25) is 0 Å². The van der Waals surface area contributed by atoms with Crippen molar-refractivity contribution in [1.82, 2.24) is 0 Å². The van der Waals surface area contributed by atoms with Crippen LogP contribution >= 0.6 is 0 Å². The van der Waals surface area contributed by atoms with E-state index < -0.39 is 0 Å². The van der Waals surface area contributed by atoms with Gasteiger partial charge in [0.15, 0.2) is 6.29 Å². The van der Waals surface area contributed by atoms with Gasteiger partial charge >= 0.3 is 0 Å². The molecule has 1 fully saturated rings. The van der Waals surface area contributed by atoms with E-state index in [0.29, 0.717) is 13.2 Å². The second-order valence-electron chi connectivity index (χ2n) is 3.31. The molecule has 0 aromatic heterocycles. The molecule has 0 saturated carbocycles. The van der Waals surface area contributed by atoms with Crippen LogP contribution in [0, 0.1) is 0 Å². The van der Waals surface area contributed by atoms with E-state index in [4.69, 9.17) is 14.2 Å². The van der Waals surface area contributed by atoms with Gasteiger partial charge in [0.2, 0.25) is 0 Å². The third kappa shape index (κ3) is 3.09. The van der Waals surface area contributed by atoms with Crippen molar-refractivity contribution in [2.24, 2.45) is 0 Å². The number of ether oxygens (including phenoxy) is 3. The molecule has 12 heavy (non-hydrogen) atoms. The predicted octanol–water partition coefficient (Wildman–Crippen LogP) is 1.56. The highest BCUT2D eigenvalue weighted by atomic mass is 16.7. The molecule has 1 aliphatic rings. The standard InChI is InChI=1S/C9H18O3/c1-4-9-11-6-8(12-9)5-10-7(2)3/h7-9H,4-6H2,1-3H3. The van der Waals surface area contributed by atoms with E-state index >= 15 is 0 Å². The Morgan fingerprint density at radius 3 is 2.75 bits per heavy atom. The average molecular weight is 174 g/mol. The van der Waals surface area contributed by atoms with E-state index in [1.807, 2.05) is 13.8 Å². The van der Waals surface area contributed by atoms with Crippen molar-refractivity contribution >= 4 is 0 Å². The van der Waals surface area contributed by atoms with Crippen molar-refractivity contribution < 1.29 is 14.2 Å². The number of hydrogen-bond acceptors (Lipinski definition) is 3. The lowest BCUT2D eigenvalue weighted by molar-refractivity contribution is -0.0770. The third-order valence-electron chi connectivity index (χ3n) is 1.76. The Kier molecular flexibility index (Phi) is 3.98. The molecule has 1 rings (SSSR count). The summed E-state index contributed by atoms with van der Waals surface area (Å²) in [5.74, 6) is 0. The molecule has 0 aromatic carbocycles. The fourth-order valence-corrected chi connectivity index (χ4v) is 1.11. The van der Waals surface area contributed by atoms with Gasteiger partial charge in [-0.05, 0) is 20.3 Å². The van der Waals surface area contributed by atoms with Crippen LogP contribution in [0.25, 0.3) is 0 Å². The smallest absolute Gasteiger partial charge is 0.158 e. The fraction of sp³-hybridized carbons (Fsp3) is 1.00. The number of hydrogen-bond donors (Lipinski definition) is 0. The summed E-state index contributed by atoms with van der Waals surface area (Å²) in [6.07, 6.45) is 1.32. The summed E-state index contributed by atoms with van der Waals surface area (Å²) < 4.78 is 16.3. The van der Waals surface area contributed by atoms with E-state index in [1.54, 1.807) is 0 Å². The largest absolute Gasteiger partial charge is 0.376 e. The van der Waals surface area contributed by atoms with E-state index in [2.05, 4.69) is 6.92 Å². The summed E-state index contributed by atoms with van der Waals surface area (Å²) in [6.45, 7) is 7.41. The lowest BCUT2D eigenvalue weighted by atomic mass is 10.4. The second kappa shape index (κ2) is 4.80. The first-order valence-electron chi connectivity index (χ1n) is 4.61. The third-order valence-corrected chi connectivity index (χ3v) is 1.76. The molecule has 0 aliphatic carbocycles. The van der Waals surface area contributed by atoms with Gasteiger partial charge in [-0.1, -0.05) is 6.92 Å². The molecule has 3 nitrogen and oxygen atoms in total. The molecule has 2 atom stereocenters. The molecule has 1 aliphatic heterocycles. The van der Waals surface area contributed by atoms with Gasteiger partial charge in [-0.2, -0.15) is 0 Å². The van der Waals surface area contributed by atoms with Crippen LogP contribution in [0.1, 0.15) is 27.2 Å². The topological polar surface area (TPSA) is 27.7 Å². The Labute approximate surface area is 74.0 Å². The highest BCUT2D eigenvalue weighted by molar-refractivity contribution is 4.63. The fourth-order valence-electron chi connectivity index (χ4n) is 1.11. The van der Waals surface area contributed by atoms with Crippen molar-refractivity contribution in [2.75, 3.05) is 13.2 Å². The maximum atomic E-state index is 5.51. The first kappa shape index (κ1) is 9.96. The van der Waals surface area contributed by atoms with Gasteiger partial charge in [-0.25, -0.2) is 0 Å². The molecular formula is C9H18O3. The summed E-state index contributed by atoms with van der Waals surface area (Å²) in [7, 11) is 0. The zero-order chi connectivity index (χ0) is 8.97. The monoisotopic (exact) mass is 174 g/mol. The summed E-state index contributed by atoms with van der Waals surface area (Å²) in [6, 6.07) is 0. The number of rotatable bonds is 4. The maximum absolute atomic E-state index is 5.51. The first-order valence-corrected chi connectivity index (χ1v) is 4.61. The van der Waals surface area contributed by atoms with Crippen molar-refractivity contribution in [3.8, 4) is 0 Å². The molecule has 3 heteroatoms. The average Bonchev–Trinajstić information content (AvgIpc) is 2.48. The molecule has 0 radical (unpaired) electrons. The molecule has 0 N–H and O–H groups in total. The Balaban J connectivity index is 2.11. The summed E-state index contributed by atoms with van der Waals surface area (Å²) in [4.78, 5) is 0. The highest BCUT2D eigenvalue weighted by Gasteiger charge is 2.24. The Hall–Kier alpha value is -0.120. The minimum atomic E-state index is -0.00855. The molecule has 0 spiro atoms. The van der Waals surface area contributed by atoms with Crippen LogP contribution in [0.4, 0.5) is 0 Å². The lowest BCUT2D eigenvalue weighted by Crippen LogP contribution is -2.21. The molecule has 2 unspecified atom stereocenters. The normalized spacial score (nSPS) is 30.0. The van der Waals surface area contributed by atoms with Crippen molar-refractivity contribution in [3.63, 3.8) is 0 Å². The Bertz CT molecular complexity index is 125. The van der Waals surface area contributed by atoms with Crippen LogP contribution < -0.4 is 0 Å². The SMILES string of the molecule is CCC1OCC(COC(C)C)O1. The predicted molar refractivity (Wildman–Crippen MR) is 46.0 cm³/mol. The minimum Gasteiger partial charge on any atom is -0.376 e. The minimum absolute atomic E-state index is 0.00855. The summed E-state index contributed by atoms with van der Waals surface area (Å²) >= 11 is 0. The zero-order valence-corrected chi connectivity index (χ0v) is 8.08. The Morgan fingerprint density at radius 1 is 1.50 bits per heavy atom. The first-order chi connectivity index (χ1) is 5.72. The molecule has 0 bridgehead atoms. The van der Waals surface area contributed by atoms with Crippen LogP contribution in [0.2, 0.25) is 0 Å². The van der Waals surface area contributed by atoms with E-state index in [1.165, 1.54) is 0 Å². The van der Waals surface area contributed by atoms with Crippen molar-refractivity contribution in [2.45, 2.75) is 45.7 Å². The quantitative estimate of drug-likeness (QED) is 0.647. The summed E-state index contributed by atoms with van der Waals surface area (Å²) in [5.41, 5.74) is 0. The lowest BCUT2D eigenvalue weighted by Gasteiger charge is -2.12. The molecule has 0 amide bonds. The van der Waals surface area contributed by atoms with Gasteiger partial charge in [0.1, 0.15) is 6.10 Å². The molecule has 72 valence electrons. The van der Waals surface area contributed by atoms with Gasteiger partial charge in [0.05, 0.1) is 19.3 Å². The molecule has 0 aromatic rings. The maximum Gasteiger partial charge on any atom is 0.158 e. The summed E-state index contributed by atoms with van der Waals surface area (Å²) in [5, 5.41) is 0. The zero-order valence-electron chi connectivity index (χ0n) is 8.08. The molecule has 1 heterocycles. The van der Waals surface area contributed by atoms with Gasteiger partial charge in [0.25, 0.3) is 0 Å². The van der Waals surface area contributed by atoms with Crippen LogP contribution in [0.3, 0.4) is 0 Å². The van der Waals surface area contributed by atoms with Gasteiger partial charge < -0.3 is 14.2 Å². The van der Waals surface area contributed by atoms with Gasteiger partial charge in [0, 0.05) is 0 Å². The van der Waals surface area contributed by atoms with Crippen molar-refractivity contribution in [3.05, 3.63) is 0 Å². The van der Waals surface area contributed by atoms with Crippen LogP contribution in [0.15, 0.2) is 0 Å².